The van der Waals surface area contributed by atoms with Gasteiger partial charge in [0, 0.05) is 11.3 Å². The Labute approximate surface area is 157 Å². The normalized spacial score (nSPS) is 11.4. The molecule has 0 saturated heterocycles. The number of aryl methyl sites for hydroxylation is 2. The number of nitrogens with two attached hydrogens (primary N) is 1. The van der Waals surface area contributed by atoms with Crippen LogP contribution in [0.15, 0.2) is 42.5 Å². The zero-order chi connectivity index (χ0) is 20.0. The average molecular weight is 370 g/mol. The van der Waals surface area contributed by atoms with Crippen molar-refractivity contribution in [2.45, 2.75) is 26.9 Å². The van der Waals surface area contributed by atoms with Gasteiger partial charge in [-0.05, 0) is 56.2 Å². The second-order valence-electron chi connectivity index (χ2n) is 6.07. The molecule has 27 heavy (non-hydrogen) atoms. The van der Waals surface area contributed by atoms with Crippen molar-refractivity contribution in [1.82, 2.24) is 0 Å². The third-order valence-electron chi connectivity index (χ3n) is 3.86. The van der Waals surface area contributed by atoms with Gasteiger partial charge in [0.1, 0.15) is 5.75 Å². The fraction of sp³-hybridized carbons (Fsp3) is 0.250. The van der Waals surface area contributed by atoms with Crippen LogP contribution >= 0.6 is 0 Å². The van der Waals surface area contributed by atoms with Crippen LogP contribution in [0.25, 0.3) is 0 Å². The number of para-hydroxylation sites is 1. The summed E-state index contributed by atoms with van der Waals surface area (Å²) in [7, 11) is 0. The number of esters is 1. The first-order valence-corrected chi connectivity index (χ1v) is 8.37. The van der Waals surface area contributed by atoms with Gasteiger partial charge < -0.3 is 20.5 Å². The van der Waals surface area contributed by atoms with Crippen molar-refractivity contribution in [1.29, 1.82) is 0 Å². The lowest BCUT2D eigenvalue weighted by molar-refractivity contribution is -0.155. The van der Waals surface area contributed by atoms with E-state index < -0.39 is 23.9 Å². The van der Waals surface area contributed by atoms with Gasteiger partial charge in [0.25, 0.3) is 5.91 Å². The van der Waals surface area contributed by atoms with Gasteiger partial charge in [-0.25, -0.2) is 4.79 Å². The molecule has 0 aliphatic carbocycles. The standard InChI is InChI=1S/C20H22N2O5/c1-12-5-4-6-13(2)18(12)26-11-17(23)27-14(3)20(25)22-16-9-7-15(8-10-16)19(21)24/h4-10,14H,11H2,1-3H3,(H2,21,24)(H,22,25)/t14-/m0/s1. The third kappa shape index (κ3) is 5.57. The van der Waals surface area contributed by atoms with Crippen molar-refractivity contribution in [3.8, 4) is 5.75 Å². The maximum atomic E-state index is 12.1. The Bertz CT molecular complexity index is 826. The van der Waals surface area contributed by atoms with Crippen molar-refractivity contribution in [3.05, 3.63) is 59.2 Å². The quantitative estimate of drug-likeness (QED) is 0.728. The third-order valence-corrected chi connectivity index (χ3v) is 3.86. The molecule has 0 saturated carbocycles. The molecule has 7 nitrogen and oxygen atoms in total. The van der Waals surface area contributed by atoms with Gasteiger partial charge in [0.2, 0.25) is 5.91 Å². The van der Waals surface area contributed by atoms with E-state index in [1.165, 1.54) is 31.2 Å². The summed E-state index contributed by atoms with van der Waals surface area (Å²) in [6.45, 7) is 4.93. The van der Waals surface area contributed by atoms with Crippen LogP contribution in [-0.2, 0) is 14.3 Å². The molecule has 0 aliphatic rings. The fourth-order valence-electron chi connectivity index (χ4n) is 2.40. The van der Waals surface area contributed by atoms with E-state index >= 15 is 0 Å². The molecule has 0 radical (unpaired) electrons. The molecule has 0 aliphatic heterocycles. The zero-order valence-electron chi connectivity index (χ0n) is 15.4. The van der Waals surface area contributed by atoms with Crippen LogP contribution in [0.4, 0.5) is 5.69 Å². The lowest BCUT2D eigenvalue weighted by Crippen LogP contribution is -2.31. The molecule has 0 aromatic heterocycles. The lowest BCUT2D eigenvalue weighted by Gasteiger charge is -2.15. The van der Waals surface area contributed by atoms with E-state index in [4.69, 9.17) is 15.2 Å². The number of rotatable bonds is 7. The zero-order valence-corrected chi connectivity index (χ0v) is 15.4. The Hall–Kier alpha value is -3.35. The van der Waals surface area contributed by atoms with Crippen molar-refractivity contribution in [2.75, 3.05) is 11.9 Å². The molecule has 7 heteroatoms. The topological polar surface area (TPSA) is 108 Å². The highest BCUT2D eigenvalue weighted by Gasteiger charge is 2.19. The number of amides is 2. The van der Waals surface area contributed by atoms with Crippen molar-refractivity contribution in [2.24, 2.45) is 5.73 Å². The molecule has 2 aromatic rings. The molecule has 1 atom stereocenters. The highest BCUT2D eigenvalue weighted by atomic mass is 16.6. The fourth-order valence-corrected chi connectivity index (χ4v) is 2.40. The minimum absolute atomic E-state index is 0.295. The van der Waals surface area contributed by atoms with Gasteiger partial charge in [-0.15, -0.1) is 0 Å². The van der Waals surface area contributed by atoms with Gasteiger partial charge in [-0.3, -0.25) is 9.59 Å². The summed E-state index contributed by atoms with van der Waals surface area (Å²) >= 11 is 0. The minimum Gasteiger partial charge on any atom is -0.481 e. The number of anilines is 1. The first-order chi connectivity index (χ1) is 12.8. The van der Waals surface area contributed by atoms with Crippen LogP contribution in [0.3, 0.4) is 0 Å². The molecule has 0 fully saturated rings. The number of carbonyl (C=O) groups excluding carboxylic acids is 3. The van der Waals surface area contributed by atoms with Crippen LogP contribution in [-0.4, -0.2) is 30.5 Å². The van der Waals surface area contributed by atoms with Crippen molar-refractivity contribution < 1.29 is 23.9 Å². The molecule has 0 heterocycles. The Morgan fingerprint density at radius 2 is 1.63 bits per heavy atom. The van der Waals surface area contributed by atoms with Gasteiger partial charge in [0.15, 0.2) is 12.7 Å². The molecule has 142 valence electrons. The smallest absolute Gasteiger partial charge is 0.344 e. The summed E-state index contributed by atoms with van der Waals surface area (Å²) in [5, 5.41) is 2.60. The Morgan fingerprint density at radius 3 is 2.19 bits per heavy atom. The summed E-state index contributed by atoms with van der Waals surface area (Å²) in [6.07, 6.45) is -1.00. The van der Waals surface area contributed by atoms with E-state index in [2.05, 4.69) is 5.32 Å². The van der Waals surface area contributed by atoms with E-state index in [1.807, 2.05) is 32.0 Å². The number of benzene rings is 2. The monoisotopic (exact) mass is 370 g/mol. The van der Waals surface area contributed by atoms with Gasteiger partial charge in [-0.2, -0.15) is 0 Å². The van der Waals surface area contributed by atoms with Crippen LogP contribution in [0, 0.1) is 13.8 Å². The molecule has 2 amide bonds. The summed E-state index contributed by atoms with van der Waals surface area (Å²) in [6, 6.07) is 11.7. The minimum atomic E-state index is -1.00. The number of nitrogens with one attached hydrogen (secondary N) is 1. The lowest BCUT2D eigenvalue weighted by atomic mass is 10.1. The highest BCUT2D eigenvalue weighted by molar-refractivity contribution is 5.96. The van der Waals surface area contributed by atoms with Gasteiger partial charge in [-0.1, -0.05) is 18.2 Å². The number of hydrogen-bond acceptors (Lipinski definition) is 5. The Kier molecular flexibility index (Phi) is 6.54. The van der Waals surface area contributed by atoms with Gasteiger partial charge >= 0.3 is 5.97 Å². The van der Waals surface area contributed by atoms with E-state index in [0.29, 0.717) is 17.0 Å². The second kappa shape index (κ2) is 8.84. The molecule has 3 N–H and O–H groups in total. The highest BCUT2D eigenvalue weighted by Crippen LogP contribution is 2.22. The van der Waals surface area contributed by atoms with Crippen LogP contribution in [0.5, 0.6) is 5.75 Å². The predicted molar refractivity (Wildman–Crippen MR) is 101 cm³/mol. The summed E-state index contributed by atoms with van der Waals surface area (Å²) < 4.78 is 10.6. The average Bonchev–Trinajstić information content (AvgIpc) is 2.61. The van der Waals surface area contributed by atoms with E-state index in [1.54, 1.807) is 0 Å². The molecule has 0 bridgehead atoms. The van der Waals surface area contributed by atoms with Gasteiger partial charge in [0.05, 0.1) is 0 Å². The summed E-state index contributed by atoms with van der Waals surface area (Å²) in [5.41, 5.74) is 7.77. The number of ether oxygens (including phenoxy) is 2. The molecule has 2 rings (SSSR count). The largest absolute Gasteiger partial charge is 0.481 e. The van der Waals surface area contributed by atoms with Crippen molar-refractivity contribution in [3.63, 3.8) is 0 Å². The van der Waals surface area contributed by atoms with Crippen LogP contribution < -0.4 is 15.8 Å². The SMILES string of the molecule is Cc1cccc(C)c1OCC(=O)O[C@@H](C)C(=O)Nc1ccc(C(N)=O)cc1. The van der Waals surface area contributed by atoms with E-state index in [9.17, 15) is 14.4 Å². The van der Waals surface area contributed by atoms with Crippen LogP contribution in [0.2, 0.25) is 0 Å². The predicted octanol–water partition coefficient (Wildman–Crippen LogP) is 2.35. The van der Waals surface area contributed by atoms with E-state index in [0.717, 1.165) is 11.1 Å². The Balaban J connectivity index is 1.86. The molecular weight excluding hydrogens is 348 g/mol. The number of primary amides is 1. The number of carbonyl (C=O) groups is 3. The molecule has 0 unspecified atom stereocenters. The maximum Gasteiger partial charge on any atom is 0.344 e. The van der Waals surface area contributed by atoms with Crippen LogP contribution in [0.1, 0.15) is 28.4 Å². The maximum absolute atomic E-state index is 12.1. The molecular formula is C20H22N2O5. The number of hydrogen-bond donors (Lipinski definition) is 2. The molecule has 0 spiro atoms. The Morgan fingerprint density at radius 1 is 1.04 bits per heavy atom. The first-order valence-electron chi connectivity index (χ1n) is 8.37. The summed E-state index contributed by atoms with van der Waals surface area (Å²) in [5.74, 6) is -1.08. The molecule has 2 aromatic carbocycles. The van der Waals surface area contributed by atoms with Crippen molar-refractivity contribution >= 4 is 23.5 Å². The second-order valence-corrected chi connectivity index (χ2v) is 6.07. The first kappa shape index (κ1) is 20.0. The van der Waals surface area contributed by atoms with E-state index in [-0.39, 0.29) is 6.61 Å². The summed E-state index contributed by atoms with van der Waals surface area (Å²) in [4.78, 5) is 35.1.